The first-order valence-corrected chi connectivity index (χ1v) is 11.4. The highest BCUT2D eigenvalue weighted by Gasteiger charge is 2.27. The van der Waals surface area contributed by atoms with Crippen LogP contribution in [0.15, 0.2) is 66.7 Å². The van der Waals surface area contributed by atoms with Crippen LogP contribution in [0.3, 0.4) is 0 Å². The van der Waals surface area contributed by atoms with E-state index >= 15 is 0 Å². The number of halogens is 2. The minimum absolute atomic E-state index is 0.216. The molecule has 4 aromatic rings. The molecular weight excluding hydrogens is 450 g/mol. The summed E-state index contributed by atoms with van der Waals surface area (Å²) < 4.78 is 26.6. The van der Waals surface area contributed by atoms with Crippen LogP contribution in [-0.4, -0.2) is 47.9 Å². The lowest BCUT2D eigenvalue weighted by atomic mass is 10.1. The zero-order chi connectivity index (χ0) is 24.5. The summed E-state index contributed by atoms with van der Waals surface area (Å²) in [5.74, 6) is -1.36. The largest absolute Gasteiger partial charge is 0.368 e. The number of carbonyl (C=O) groups is 2. The average Bonchev–Trinajstić information content (AvgIpc) is 3.22. The molecule has 3 aromatic carbocycles. The van der Waals surface area contributed by atoms with E-state index in [9.17, 15) is 18.4 Å². The van der Waals surface area contributed by atoms with Crippen molar-refractivity contribution < 1.29 is 18.4 Å². The van der Waals surface area contributed by atoms with Crippen molar-refractivity contribution in [2.75, 3.05) is 36.4 Å². The molecule has 2 heterocycles. The summed E-state index contributed by atoms with van der Waals surface area (Å²) in [5.41, 5.74) is 3.63. The molecule has 5 rings (SSSR count). The number of fused-ring (bicyclic) bond motifs is 1. The summed E-state index contributed by atoms with van der Waals surface area (Å²) in [4.78, 5) is 33.5. The van der Waals surface area contributed by atoms with E-state index < -0.39 is 11.7 Å². The van der Waals surface area contributed by atoms with Crippen molar-refractivity contribution >= 4 is 34.1 Å². The second-order valence-electron chi connectivity index (χ2n) is 8.64. The number of amides is 2. The van der Waals surface area contributed by atoms with Gasteiger partial charge in [-0.2, -0.15) is 0 Å². The Morgan fingerprint density at radius 2 is 1.49 bits per heavy atom. The van der Waals surface area contributed by atoms with E-state index in [0.29, 0.717) is 43.1 Å². The number of nitrogens with zero attached hydrogens (tertiary/aromatic N) is 2. The van der Waals surface area contributed by atoms with Crippen LogP contribution in [-0.2, 0) is 0 Å². The molecule has 1 saturated heterocycles. The molecule has 1 aliphatic rings. The van der Waals surface area contributed by atoms with Crippen LogP contribution in [0.4, 0.5) is 20.2 Å². The van der Waals surface area contributed by atoms with Crippen LogP contribution >= 0.6 is 0 Å². The van der Waals surface area contributed by atoms with Crippen molar-refractivity contribution in [3.63, 3.8) is 0 Å². The third-order valence-corrected chi connectivity index (χ3v) is 6.27. The number of rotatable bonds is 4. The fraction of sp³-hybridized carbons (Fsp3) is 0.185. The molecule has 6 nitrogen and oxygen atoms in total. The molecule has 8 heteroatoms. The van der Waals surface area contributed by atoms with Gasteiger partial charge in [0.1, 0.15) is 17.3 Å². The number of benzene rings is 3. The van der Waals surface area contributed by atoms with Gasteiger partial charge in [0.15, 0.2) is 0 Å². The molecule has 0 saturated carbocycles. The smallest absolute Gasteiger partial charge is 0.272 e. The van der Waals surface area contributed by atoms with Gasteiger partial charge in [-0.25, -0.2) is 8.78 Å². The molecule has 0 radical (unpaired) electrons. The highest BCUT2D eigenvalue weighted by molar-refractivity contribution is 6.15. The molecule has 178 valence electrons. The summed E-state index contributed by atoms with van der Waals surface area (Å²) in [5, 5.41) is 3.60. The normalized spacial score (nSPS) is 13.8. The third kappa shape index (κ3) is 4.59. The van der Waals surface area contributed by atoms with Crippen LogP contribution < -0.4 is 10.2 Å². The van der Waals surface area contributed by atoms with E-state index in [2.05, 4.69) is 15.2 Å². The Morgan fingerprint density at radius 1 is 0.857 bits per heavy atom. The quantitative estimate of drug-likeness (QED) is 0.439. The molecule has 0 atom stereocenters. The summed E-state index contributed by atoms with van der Waals surface area (Å²) in [6.07, 6.45) is 0. The van der Waals surface area contributed by atoms with Crippen LogP contribution in [0.1, 0.15) is 26.4 Å². The van der Waals surface area contributed by atoms with Crippen molar-refractivity contribution in [1.29, 1.82) is 0 Å². The van der Waals surface area contributed by atoms with Gasteiger partial charge in [0.05, 0.1) is 5.69 Å². The average molecular weight is 475 g/mol. The Labute approximate surface area is 201 Å². The lowest BCUT2D eigenvalue weighted by molar-refractivity contribution is 0.0743. The van der Waals surface area contributed by atoms with Gasteiger partial charge in [-0.15, -0.1) is 0 Å². The second kappa shape index (κ2) is 9.21. The lowest BCUT2D eigenvalue weighted by Crippen LogP contribution is -2.49. The van der Waals surface area contributed by atoms with E-state index in [0.717, 1.165) is 22.2 Å². The summed E-state index contributed by atoms with van der Waals surface area (Å²) >= 11 is 0. The number of hydrogen-bond acceptors (Lipinski definition) is 3. The Balaban J connectivity index is 1.40. The first-order chi connectivity index (χ1) is 16.9. The molecule has 1 fully saturated rings. The van der Waals surface area contributed by atoms with Crippen LogP contribution in [0.25, 0.3) is 10.9 Å². The second-order valence-corrected chi connectivity index (χ2v) is 8.64. The fourth-order valence-corrected chi connectivity index (χ4v) is 4.36. The summed E-state index contributed by atoms with van der Waals surface area (Å²) in [6.45, 7) is 4.11. The minimum atomic E-state index is -0.431. The number of aryl methyl sites for hydroxylation is 1. The number of hydrogen-bond donors (Lipinski definition) is 2. The first kappa shape index (κ1) is 22.6. The topological polar surface area (TPSA) is 68.4 Å². The molecule has 35 heavy (non-hydrogen) atoms. The molecule has 2 N–H and O–H groups in total. The summed E-state index contributed by atoms with van der Waals surface area (Å²) in [6, 6.07) is 17.3. The van der Waals surface area contributed by atoms with Gasteiger partial charge in [-0.05, 0) is 67.6 Å². The van der Waals surface area contributed by atoms with E-state index in [1.54, 1.807) is 17.0 Å². The molecule has 1 aliphatic heterocycles. The van der Waals surface area contributed by atoms with Gasteiger partial charge in [0.2, 0.25) is 0 Å². The number of nitrogens with one attached hydrogen (secondary N) is 2. The predicted octanol–water partition coefficient (Wildman–Crippen LogP) is 4.97. The lowest BCUT2D eigenvalue weighted by Gasteiger charge is -2.36. The Hall–Kier alpha value is -4.20. The standard InChI is InChI=1S/C27H24F2N4O2/c1-17-2-11-23-22(16-17)24(31-26(34)18-3-5-19(28)6-4-18)25(30-23)27(35)33-14-12-32(13-15-33)21-9-7-20(29)8-10-21/h2-11,16,30H,12-15H2,1H3,(H,31,34). The van der Waals surface area contributed by atoms with E-state index in [1.807, 2.05) is 25.1 Å². The fourth-order valence-electron chi connectivity index (χ4n) is 4.36. The number of aromatic amines is 1. The number of anilines is 2. The van der Waals surface area contributed by atoms with Crippen molar-refractivity contribution in [1.82, 2.24) is 9.88 Å². The Kier molecular flexibility index (Phi) is 5.94. The van der Waals surface area contributed by atoms with Crippen molar-refractivity contribution in [2.24, 2.45) is 0 Å². The maximum Gasteiger partial charge on any atom is 0.272 e. The van der Waals surface area contributed by atoms with Gasteiger partial charge in [0, 0.05) is 48.3 Å². The maximum absolute atomic E-state index is 13.6. The van der Waals surface area contributed by atoms with Gasteiger partial charge < -0.3 is 20.1 Å². The van der Waals surface area contributed by atoms with Gasteiger partial charge in [0.25, 0.3) is 11.8 Å². The van der Waals surface area contributed by atoms with Gasteiger partial charge in [-0.3, -0.25) is 9.59 Å². The number of carbonyl (C=O) groups excluding carboxylic acids is 2. The molecule has 0 aliphatic carbocycles. The molecule has 0 bridgehead atoms. The maximum atomic E-state index is 13.6. The zero-order valence-electron chi connectivity index (χ0n) is 19.1. The Morgan fingerprint density at radius 3 is 2.14 bits per heavy atom. The molecule has 0 spiro atoms. The monoisotopic (exact) mass is 474 g/mol. The molecule has 0 unspecified atom stereocenters. The van der Waals surface area contributed by atoms with Crippen LogP contribution in [0.5, 0.6) is 0 Å². The Bertz CT molecular complexity index is 1390. The minimum Gasteiger partial charge on any atom is -0.368 e. The third-order valence-electron chi connectivity index (χ3n) is 6.27. The first-order valence-electron chi connectivity index (χ1n) is 11.4. The van der Waals surface area contributed by atoms with Gasteiger partial charge in [-0.1, -0.05) is 11.6 Å². The molecule has 2 amide bonds. The number of aromatic nitrogens is 1. The van der Waals surface area contributed by atoms with E-state index in [1.165, 1.54) is 36.4 Å². The summed E-state index contributed by atoms with van der Waals surface area (Å²) in [7, 11) is 0. The van der Waals surface area contributed by atoms with Crippen molar-refractivity contribution in [3.8, 4) is 0 Å². The predicted molar refractivity (Wildman–Crippen MR) is 132 cm³/mol. The van der Waals surface area contributed by atoms with Crippen molar-refractivity contribution in [3.05, 3.63) is 95.2 Å². The van der Waals surface area contributed by atoms with Crippen molar-refractivity contribution in [2.45, 2.75) is 6.92 Å². The highest BCUT2D eigenvalue weighted by atomic mass is 19.1. The van der Waals surface area contributed by atoms with Gasteiger partial charge >= 0.3 is 0 Å². The van der Waals surface area contributed by atoms with E-state index in [4.69, 9.17) is 0 Å². The molecule has 1 aromatic heterocycles. The number of H-pyrrole nitrogens is 1. The van der Waals surface area contributed by atoms with Crippen LogP contribution in [0, 0.1) is 18.6 Å². The SMILES string of the molecule is Cc1ccc2[nH]c(C(=O)N3CCN(c4ccc(F)cc4)CC3)c(NC(=O)c3ccc(F)cc3)c2c1. The highest BCUT2D eigenvalue weighted by Crippen LogP contribution is 2.31. The zero-order valence-corrected chi connectivity index (χ0v) is 19.1. The van der Waals surface area contributed by atoms with Crippen LogP contribution in [0.2, 0.25) is 0 Å². The number of piperazine rings is 1. The molecular formula is C27H24F2N4O2. The van der Waals surface area contributed by atoms with E-state index in [-0.39, 0.29) is 11.7 Å².